The van der Waals surface area contributed by atoms with E-state index < -0.39 is 0 Å². The van der Waals surface area contributed by atoms with Crippen LogP contribution in [0, 0.1) is 0 Å². The normalized spacial score (nSPS) is 15.5. The Morgan fingerprint density at radius 1 is 1.04 bits per heavy atom. The summed E-state index contributed by atoms with van der Waals surface area (Å²) < 4.78 is 0. The van der Waals surface area contributed by atoms with Crippen LogP contribution in [-0.4, -0.2) is 54.3 Å². The molecular weight excluding hydrogens is 350 g/mol. The third-order valence-corrected chi connectivity index (χ3v) is 4.95. The zero-order valence-electron chi connectivity index (χ0n) is 15.7. The number of hydrogen-bond donors (Lipinski definition) is 1. The molecular formula is C20H30ClN3O2. The van der Waals surface area contributed by atoms with Crippen LogP contribution in [0.15, 0.2) is 24.3 Å². The van der Waals surface area contributed by atoms with Crippen molar-refractivity contribution in [2.24, 2.45) is 0 Å². The van der Waals surface area contributed by atoms with Crippen LogP contribution >= 0.6 is 11.6 Å². The Labute approximate surface area is 161 Å². The highest BCUT2D eigenvalue weighted by Gasteiger charge is 2.18. The Kier molecular flexibility index (Phi) is 8.92. The van der Waals surface area contributed by atoms with E-state index in [9.17, 15) is 9.59 Å². The molecule has 5 nitrogen and oxygen atoms in total. The van der Waals surface area contributed by atoms with Crippen molar-refractivity contribution < 1.29 is 9.59 Å². The number of benzene rings is 1. The van der Waals surface area contributed by atoms with Crippen molar-refractivity contribution in [2.45, 2.75) is 45.6 Å². The number of hydrogen-bond acceptors (Lipinski definition) is 3. The Morgan fingerprint density at radius 2 is 1.81 bits per heavy atom. The van der Waals surface area contributed by atoms with Crippen LogP contribution in [0.4, 0.5) is 0 Å². The molecule has 144 valence electrons. The monoisotopic (exact) mass is 379 g/mol. The minimum absolute atomic E-state index is 0.00815. The minimum Gasteiger partial charge on any atom is -0.356 e. The van der Waals surface area contributed by atoms with Gasteiger partial charge in [0.05, 0.1) is 0 Å². The van der Waals surface area contributed by atoms with Gasteiger partial charge >= 0.3 is 0 Å². The van der Waals surface area contributed by atoms with Crippen molar-refractivity contribution in [3.05, 3.63) is 34.9 Å². The van der Waals surface area contributed by atoms with Gasteiger partial charge in [-0.25, -0.2) is 0 Å². The maximum Gasteiger partial charge on any atom is 0.222 e. The van der Waals surface area contributed by atoms with Gasteiger partial charge in [-0.1, -0.05) is 30.2 Å². The molecule has 1 heterocycles. The van der Waals surface area contributed by atoms with Crippen molar-refractivity contribution in [3.63, 3.8) is 0 Å². The second kappa shape index (κ2) is 11.2. The minimum atomic E-state index is 0.00815. The fourth-order valence-electron chi connectivity index (χ4n) is 3.23. The van der Waals surface area contributed by atoms with E-state index in [2.05, 4.69) is 22.3 Å². The number of amides is 2. The fraction of sp³-hybridized carbons (Fsp3) is 0.600. The first-order chi connectivity index (χ1) is 12.5. The van der Waals surface area contributed by atoms with Gasteiger partial charge in [-0.05, 0) is 37.0 Å². The van der Waals surface area contributed by atoms with Gasteiger partial charge in [0.1, 0.15) is 0 Å². The lowest BCUT2D eigenvalue weighted by Gasteiger charge is -2.22. The van der Waals surface area contributed by atoms with Gasteiger partial charge in [0.15, 0.2) is 0 Å². The molecule has 0 unspecified atom stereocenters. The molecule has 26 heavy (non-hydrogen) atoms. The van der Waals surface area contributed by atoms with Gasteiger partial charge in [-0.2, -0.15) is 0 Å². The second-order valence-electron chi connectivity index (χ2n) is 6.93. The molecule has 2 amide bonds. The summed E-state index contributed by atoms with van der Waals surface area (Å²) in [6.45, 7) is 6.72. The van der Waals surface area contributed by atoms with Crippen LogP contribution in [0.5, 0.6) is 0 Å². The summed E-state index contributed by atoms with van der Waals surface area (Å²) in [6, 6.07) is 7.99. The molecule has 0 bridgehead atoms. The molecule has 2 rings (SSSR count). The van der Waals surface area contributed by atoms with Gasteiger partial charge in [0.25, 0.3) is 0 Å². The van der Waals surface area contributed by atoms with E-state index >= 15 is 0 Å². The van der Waals surface area contributed by atoms with Crippen LogP contribution < -0.4 is 5.32 Å². The van der Waals surface area contributed by atoms with Crippen molar-refractivity contribution in [3.8, 4) is 0 Å². The number of unbranched alkanes of at least 4 members (excludes halogenated alkanes) is 2. The smallest absolute Gasteiger partial charge is 0.222 e. The van der Waals surface area contributed by atoms with Gasteiger partial charge in [0, 0.05) is 57.6 Å². The first-order valence-electron chi connectivity index (χ1n) is 9.53. The summed E-state index contributed by atoms with van der Waals surface area (Å²) in [5.74, 6) is 0.270. The first-order valence-corrected chi connectivity index (χ1v) is 9.91. The van der Waals surface area contributed by atoms with Crippen LogP contribution in [0.25, 0.3) is 0 Å². The predicted octanol–water partition coefficient (Wildman–Crippen LogP) is 3.07. The number of nitrogens with one attached hydrogen (secondary N) is 1. The molecule has 1 aliphatic heterocycles. The average molecular weight is 380 g/mol. The molecule has 0 aromatic heterocycles. The predicted molar refractivity (Wildman–Crippen MR) is 105 cm³/mol. The van der Waals surface area contributed by atoms with Gasteiger partial charge in [-0.15, -0.1) is 0 Å². The molecule has 1 fully saturated rings. The molecule has 1 N–H and O–H groups in total. The molecule has 0 aliphatic carbocycles. The van der Waals surface area contributed by atoms with Gasteiger partial charge in [-0.3, -0.25) is 14.5 Å². The number of carbonyl (C=O) groups excluding carboxylic acids is 2. The van der Waals surface area contributed by atoms with E-state index in [1.165, 1.54) is 12.5 Å². The van der Waals surface area contributed by atoms with E-state index in [4.69, 9.17) is 11.6 Å². The van der Waals surface area contributed by atoms with Crippen LogP contribution in [0.2, 0.25) is 5.02 Å². The van der Waals surface area contributed by atoms with E-state index in [0.29, 0.717) is 13.0 Å². The number of nitrogens with zero attached hydrogens (tertiary/aromatic N) is 2. The van der Waals surface area contributed by atoms with E-state index in [1.807, 2.05) is 17.0 Å². The Morgan fingerprint density at radius 3 is 2.54 bits per heavy atom. The zero-order chi connectivity index (χ0) is 18.8. The zero-order valence-corrected chi connectivity index (χ0v) is 16.4. The lowest BCUT2D eigenvalue weighted by Crippen LogP contribution is -2.35. The van der Waals surface area contributed by atoms with Crippen molar-refractivity contribution in [1.82, 2.24) is 15.1 Å². The van der Waals surface area contributed by atoms with E-state index in [0.717, 1.165) is 63.4 Å². The van der Waals surface area contributed by atoms with Gasteiger partial charge in [0.2, 0.25) is 11.8 Å². The molecule has 0 spiro atoms. The number of halogens is 1. The topological polar surface area (TPSA) is 52.7 Å². The van der Waals surface area contributed by atoms with E-state index in [-0.39, 0.29) is 11.8 Å². The summed E-state index contributed by atoms with van der Waals surface area (Å²) >= 11 is 5.94. The molecule has 6 heteroatoms. The average Bonchev–Trinajstić information content (AvgIpc) is 2.85. The van der Waals surface area contributed by atoms with Crippen LogP contribution in [0.1, 0.15) is 44.6 Å². The maximum atomic E-state index is 12.4. The SMILES string of the molecule is CC(=O)NCCCCCC(=O)N1CCCN(Cc2ccc(Cl)cc2)CC1. The number of carbonyl (C=O) groups is 2. The Hall–Kier alpha value is -1.59. The van der Waals surface area contributed by atoms with Crippen molar-refractivity contribution in [1.29, 1.82) is 0 Å². The molecule has 1 aromatic rings. The lowest BCUT2D eigenvalue weighted by molar-refractivity contribution is -0.131. The highest BCUT2D eigenvalue weighted by molar-refractivity contribution is 6.30. The number of rotatable bonds is 8. The molecule has 1 aliphatic rings. The third kappa shape index (κ3) is 7.75. The van der Waals surface area contributed by atoms with Crippen LogP contribution in [0.3, 0.4) is 0 Å². The Balaban J connectivity index is 1.66. The van der Waals surface area contributed by atoms with Gasteiger partial charge < -0.3 is 10.2 Å². The summed E-state index contributed by atoms with van der Waals surface area (Å²) in [5.41, 5.74) is 1.26. The van der Waals surface area contributed by atoms with Crippen molar-refractivity contribution in [2.75, 3.05) is 32.7 Å². The fourth-order valence-corrected chi connectivity index (χ4v) is 3.35. The summed E-state index contributed by atoms with van der Waals surface area (Å²) in [5, 5.41) is 3.55. The molecule has 0 radical (unpaired) electrons. The van der Waals surface area contributed by atoms with Crippen molar-refractivity contribution >= 4 is 23.4 Å². The van der Waals surface area contributed by atoms with Crippen LogP contribution in [-0.2, 0) is 16.1 Å². The first kappa shape index (κ1) is 20.7. The third-order valence-electron chi connectivity index (χ3n) is 4.70. The molecule has 0 atom stereocenters. The molecule has 1 aromatic carbocycles. The summed E-state index contributed by atoms with van der Waals surface area (Å²) in [4.78, 5) is 27.6. The lowest BCUT2D eigenvalue weighted by atomic mass is 10.1. The molecule has 1 saturated heterocycles. The molecule has 0 saturated carbocycles. The summed E-state index contributed by atoms with van der Waals surface area (Å²) in [6.07, 6.45) is 4.42. The van der Waals surface area contributed by atoms with E-state index in [1.54, 1.807) is 0 Å². The second-order valence-corrected chi connectivity index (χ2v) is 7.37. The highest BCUT2D eigenvalue weighted by Crippen LogP contribution is 2.14. The summed E-state index contributed by atoms with van der Waals surface area (Å²) in [7, 11) is 0. The Bertz CT molecular complexity index is 577. The quantitative estimate of drug-likeness (QED) is 0.706. The largest absolute Gasteiger partial charge is 0.356 e. The standard InChI is InChI=1S/C20H30ClN3O2/c1-17(25)22-11-4-2-3-6-20(26)24-13-5-12-23(14-15-24)16-18-7-9-19(21)10-8-18/h7-10H,2-6,11-16H2,1H3,(H,22,25). The highest BCUT2D eigenvalue weighted by atomic mass is 35.5. The maximum absolute atomic E-state index is 12.4.